The van der Waals surface area contributed by atoms with Crippen molar-refractivity contribution >= 4 is 9.84 Å². The first-order valence-corrected chi connectivity index (χ1v) is 7.21. The molecule has 0 spiro atoms. The summed E-state index contributed by atoms with van der Waals surface area (Å²) in [5.41, 5.74) is 0. The fourth-order valence-corrected chi connectivity index (χ4v) is 3.63. The molecule has 3 nitrogen and oxygen atoms in total. The van der Waals surface area contributed by atoms with Crippen LogP contribution in [0.3, 0.4) is 0 Å². The molecule has 0 saturated carbocycles. The van der Waals surface area contributed by atoms with Gasteiger partial charge in [-0.2, -0.15) is 0 Å². The van der Waals surface area contributed by atoms with Gasteiger partial charge in [0.2, 0.25) is 0 Å². The molecule has 0 aromatic rings. The van der Waals surface area contributed by atoms with Gasteiger partial charge in [0, 0.05) is 19.1 Å². The van der Waals surface area contributed by atoms with Gasteiger partial charge in [0.1, 0.15) is 0 Å². The molecule has 0 aliphatic carbocycles. The molecule has 2 unspecified atom stereocenters. The summed E-state index contributed by atoms with van der Waals surface area (Å²) in [6.45, 7) is 7.98. The van der Waals surface area contributed by atoms with Crippen LogP contribution in [0.4, 0.5) is 0 Å². The molecule has 1 aliphatic heterocycles. The Hall–Kier alpha value is -0.0900. The van der Waals surface area contributed by atoms with Crippen molar-refractivity contribution in [3.8, 4) is 0 Å². The Labute approximate surface area is 87.4 Å². The predicted molar refractivity (Wildman–Crippen MR) is 59.1 cm³/mol. The van der Waals surface area contributed by atoms with E-state index >= 15 is 0 Å². The van der Waals surface area contributed by atoms with Crippen LogP contribution in [0, 0.1) is 5.92 Å². The molecule has 0 aromatic carbocycles. The fraction of sp³-hybridized carbons (Fsp3) is 1.00. The molecular weight excluding hydrogens is 198 g/mol. The molecule has 84 valence electrons. The second-order valence-electron chi connectivity index (χ2n) is 4.47. The van der Waals surface area contributed by atoms with E-state index in [4.69, 9.17) is 0 Å². The summed E-state index contributed by atoms with van der Waals surface area (Å²) in [6, 6.07) is 0.505. The van der Waals surface area contributed by atoms with E-state index in [1.807, 2.05) is 6.92 Å². The van der Waals surface area contributed by atoms with Gasteiger partial charge in [-0.15, -0.1) is 0 Å². The van der Waals surface area contributed by atoms with E-state index in [9.17, 15) is 8.42 Å². The van der Waals surface area contributed by atoms with Gasteiger partial charge in [-0.05, 0) is 19.3 Å². The van der Waals surface area contributed by atoms with Crippen LogP contribution >= 0.6 is 0 Å². The maximum atomic E-state index is 11.5. The SMILES string of the molecule is CCC(C)N1CCS(=O)(=O)CC(C)C1. The monoisotopic (exact) mass is 219 g/mol. The molecule has 1 heterocycles. The van der Waals surface area contributed by atoms with Gasteiger partial charge in [0.15, 0.2) is 9.84 Å². The van der Waals surface area contributed by atoms with Crippen molar-refractivity contribution in [2.24, 2.45) is 5.92 Å². The van der Waals surface area contributed by atoms with Crippen molar-refractivity contribution in [2.75, 3.05) is 24.6 Å². The number of hydrogen-bond acceptors (Lipinski definition) is 3. The normalized spacial score (nSPS) is 30.9. The van der Waals surface area contributed by atoms with Crippen LogP contribution < -0.4 is 0 Å². The van der Waals surface area contributed by atoms with E-state index in [1.54, 1.807) is 0 Å². The molecule has 1 rings (SSSR count). The van der Waals surface area contributed by atoms with E-state index in [0.29, 0.717) is 24.1 Å². The Morgan fingerprint density at radius 2 is 2.14 bits per heavy atom. The third kappa shape index (κ3) is 3.24. The summed E-state index contributed by atoms with van der Waals surface area (Å²) in [5, 5.41) is 0. The number of sulfone groups is 1. The summed E-state index contributed by atoms with van der Waals surface area (Å²) in [4.78, 5) is 2.30. The van der Waals surface area contributed by atoms with Crippen LogP contribution in [-0.4, -0.2) is 44.0 Å². The standard InChI is InChI=1S/C10H21NO2S/c1-4-10(3)11-5-6-14(12,13)8-9(2)7-11/h9-10H,4-8H2,1-3H3. The molecule has 0 bridgehead atoms. The highest BCUT2D eigenvalue weighted by molar-refractivity contribution is 7.91. The molecule has 0 N–H and O–H groups in total. The highest BCUT2D eigenvalue weighted by atomic mass is 32.2. The Balaban J connectivity index is 2.67. The van der Waals surface area contributed by atoms with Gasteiger partial charge in [-0.1, -0.05) is 13.8 Å². The lowest BCUT2D eigenvalue weighted by Crippen LogP contribution is -2.36. The van der Waals surface area contributed by atoms with E-state index in [1.165, 1.54) is 0 Å². The number of hydrogen-bond donors (Lipinski definition) is 0. The first-order chi connectivity index (χ1) is 6.44. The Morgan fingerprint density at radius 3 is 2.71 bits per heavy atom. The van der Waals surface area contributed by atoms with Crippen LogP contribution in [0.25, 0.3) is 0 Å². The average Bonchev–Trinajstić information content (AvgIpc) is 2.22. The quantitative estimate of drug-likeness (QED) is 0.699. The van der Waals surface area contributed by atoms with Crippen LogP contribution in [0.2, 0.25) is 0 Å². The van der Waals surface area contributed by atoms with Crippen molar-refractivity contribution in [3.05, 3.63) is 0 Å². The van der Waals surface area contributed by atoms with E-state index in [2.05, 4.69) is 18.7 Å². The topological polar surface area (TPSA) is 37.4 Å². The Bertz CT molecular complexity index is 274. The Morgan fingerprint density at radius 1 is 1.50 bits per heavy atom. The highest BCUT2D eigenvalue weighted by Crippen LogP contribution is 2.14. The fourth-order valence-electron chi connectivity index (χ4n) is 1.98. The van der Waals surface area contributed by atoms with Crippen LogP contribution in [0.5, 0.6) is 0 Å². The van der Waals surface area contributed by atoms with Crippen LogP contribution in [0.15, 0.2) is 0 Å². The second-order valence-corrected chi connectivity index (χ2v) is 6.70. The largest absolute Gasteiger partial charge is 0.299 e. The predicted octanol–water partition coefficient (Wildman–Crippen LogP) is 1.15. The summed E-state index contributed by atoms with van der Waals surface area (Å²) in [5.74, 6) is 0.971. The molecule has 14 heavy (non-hydrogen) atoms. The second kappa shape index (κ2) is 4.62. The first-order valence-electron chi connectivity index (χ1n) is 5.39. The summed E-state index contributed by atoms with van der Waals surface area (Å²) in [6.07, 6.45) is 1.09. The maximum absolute atomic E-state index is 11.5. The molecule has 1 aliphatic rings. The zero-order chi connectivity index (χ0) is 10.8. The van der Waals surface area contributed by atoms with E-state index in [-0.39, 0.29) is 5.92 Å². The minimum Gasteiger partial charge on any atom is -0.299 e. The number of nitrogens with zero attached hydrogens (tertiary/aromatic N) is 1. The highest BCUT2D eigenvalue weighted by Gasteiger charge is 2.25. The lowest BCUT2D eigenvalue weighted by molar-refractivity contribution is 0.198. The molecule has 0 radical (unpaired) electrons. The Kier molecular flexibility index (Phi) is 3.95. The van der Waals surface area contributed by atoms with Crippen molar-refractivity contribution < 1.29 is 8.42 Å². The van der Waals surface area contributed by atoms with Crippen LogP contribution in [0.1, 0.15) is 27.2 Å². The van der Waals surface area contributed by atoms with Gasteiger partial charge in [0.25, 0.3) is 0 Å². The molecule has 1 fully saturated rings. The lowest BCUT2D eigenvalue weighted by Gasteiger charge is -2.27. The minimum atomic E-state index is -2.78. The van der Waals surface area contributed by atoms with E-state index < -0.39 is 9.84 Å². The van der Waals surface area contributed by atoms with E-state index in [0.717, 1.165) is 13.0 Å². The van der Waals surface area contributed by atoms with Gasteiger partial charge in [-0.25, -0.2) is 8.42 Å². The third-order valence-corrected chi connectivity index (χ3v) is 4.87. The van der Waals surface area contributed by atoms with Gasteiger partial charge >= 0.3 is 0 Å². The van der Waals surface area contributed by atoms with Crippen molar-refractivity contribution in [2.45, 2.75) is 33.2 Å². The smallest absolute Gasteiger partial charge is 0.151 e. The maximum Gasteiger partial charge on any atom is 0.151 e. The molecule has 1 saturated heterocycles. The van der Waals surface area contributed by atoms with Gasteiger partial charge < -0.3 is 0 Å². The van der Waals surface area contributed by atoms with Crippen molar-refractivity contribution in [3.63, 3.8) is 0 Å². The third-order valence-electron chi connectivity index (χ3n) is 2.99. The molecular formula is C10H21NO2S. The van der Waals surface area contributed by atoms with Gasteiger partial charge in [0.05, 0.1) is 11.5 Å². The summed E-state index contributed by atoms with van der Waals surface area (Å²) >= 11 is 0. The van der Waals surface area contributed by atoms with Crippen LogP contribution in [-0.2, 0) is 9.84 Å². The van der Waals surface area contributed by atoms with Gasteiger partial charge in [-0.3, -0.25) is 4.90 Å². The number of rotatable bonds is 2. The molecule has 0 amide bonds. The zero-order valence-electron chi connectivity index (χ0n) is 9.36. The summed E-state index contributed by atoms with van der Waals surface area (Å²) < 4.78 is 23.0. The minimum absolute atomic E-state index is 0.275. The molecule has 2 atom stereocenters. The van der Waals surface area contributed by atoms with Crippen molar-refractivity contribution in [1.82, 2.24) is 4.90 Å². The molecule has 0 aromatic heterocycles. The average molecular weight is 219 g/mol. The summed E-state index contributed by atoms with van der Waals surface area (Å²) in [7, 11) is -2.78. The first kappa shape index (κ1) is 12.0. The zero-order valence-corrected chi connectivity index (χ0v) is 10.2. The lowest BCUT2D eigenvalue weighted by atomic mass is 10.1. The van der Waals surface area contributed by atoms with Crippen molar-refractivity contribution in [1.29, 1.82) is 0 Å². The molecule has 4 heteroatoms.